The van der Waals surface area contributed by atoms with E-state index in [1.807, 2.05) is 36.4 Å². The van der Waals surface area contributed by atoms with Gasteiger partial charge in [-0.3, -0.25) is 0 Å². The van der Waals surface area contributed by atoms with Crippen molar-refractivity contribution in [3.63, 3.8) is 0 Å². The minimum Gasteiger partial charge on any atom is -0.456 e. The summed E-state index contributed by atoms with van der Waals surface area (Å²) in [4.78, 5) is 0. The summed E-state index contributed by atoms with van der Waals surface area (Å²) in [7, 11) is 0. The summed E-state index contributed by atoms with van der Waals surface area (Å²) in [5, 5.41) is 3.43. The first-order valence-corrected chi connectivity index (χ1v) is 12.3. The fourth-order valence-corrected chi connectivity index (χ4v) is 4.58. The molecule has 2 aromatic heterocycles. The van der Waals surface area contributed by atoms with Crippen LogP contribution < -0.4 is 5.73 Å². The number of nitrogens with two attached hydrogens (primary N) is 1. The SMILES string of the molecule is C=C/C=C\c1oc2c(CCOC/C(=C\Cc3ccc4oc5ccccc5c4c3)CN)cccc2c1C. The first-order chi connectivity index (χ1) is 17.7. The Morgan fingerprint density at radius 2 is 1.81 bits per heavy atom. The van der Waals surface area contributed by atoms with Gasteiger partial charge in [0.15, 0.2) is 0 Å². The molecule has 0 aliphatic rings. The molecule has 0 bridgehead atoms. The first kappa shape index (κ1) is 23.9. The number of hydrogen-bond acceptors (Lipinski definition) is 4. The van der Waals surface area contributed by atoms with Gasteiger partial charge in [0.1, 0.15) is 22.5 Å². The zero-order valence-electron chi connectivity index (χ0n) is 20.6. The van der Waals surface area contributed by atoms with Gasteiger partial charge < -0.3 is 19.3 Å². The van der Waals surface area contributed by atoms with Gasteiger partial charge in [0, 0.05) is 28.3 Å². The normalized spacial score (nSPS) is 12.4. The highest BCUT2D eigenvalue weighted by Gasteiger charge is 2.12. The number of hydrogen-bond donors (Lipinski definition) is 1. The molecule has 0 aliphatic heterocycles. The molecule has 0 aliphatic carbocycles. The molecule has 2 heterocycles. The van der Waals surface area contributed by atoms with Crippen LogP contribution in [0.1, 0.15) is 22.5 Å². The summed E-state index contributed by atoms with van der Waals surface area (Å²) in [6.07, 6.45) is 9.35. The fourth-order valence-electron chi connectivity index (χ4n) is 4.58. The molecule has 0 saturated heterocycles. The van der Waals surface area contributed by atoms with E-state index >= 15 is 0 Å². The molecule has 5 rings (SSSR count). The maximum Gasteiger partial charge on any atom is 0.138 e. The smallest absolute Gasteiger partial charge is 0.138 e. The summed E-state index contributed by atoms with van der Waals surface area (Å²) in [6.45, 7) is 7.41. The minimum atomic E-state index is 0.475. The van der Waals surface area contributed by atoms with Gasteiger partial charge >= 0.3 is 0 Å². The Labute approximate surface area is 211 Å². The molecule has 3 aromatic carbocycles. The average Bonchev–Trinajstić information content (AvgIpc) is 3.44. The van der Waals surface area contributed by atoms with E-state index in [9.17, 15) is 0 Å². The molecule has 0 spiro atoms. The van der Waals surface area contributed by atoms with Crippen LogP contribution in [0, 0.1) is 6.92 Å². The van der Waals surface area contributed by atoms with E-state index in [-0.39, 0.29) is 0 Å². The van der Waals surface area contributed by atoms with Gasteiger partial charge in [-0.15, -0.1) is 0 Å². The molecular formula is C32H31NO3. The lowest BCUT2D eigenvalue weighted by atomic mass is 10.1. The van der Waals surface area contributed by atoms with Crippen molar-refractivity contribution < 1.29 is 13.6 Å². The highest BCUT2D eigenvalue weighted by Crippen LogP contribution is 2.30. The van der Waals surface area contributed by atoms with Gasteiger partial charge in [-0.2, -0.15) is 0 Å². The maximum atomic E-state index is 6.14. The number of benzene rings is 3. The van der Waals surface area contributed by atoms with Crippen molar-refractivity contribution in [1.82, 2.24) is 0 Å². The first-order valence-electron chi connectivity index (χ1n) is 12.3. The Kier molecular flexibility index (Phi) is 7.17. The van der Waals surface area contributed by atoms with Crippen molar-refractivity contribution in [2.24, 2.45) is 5.73 Å². The third-order valence-electron chi connectivity index (χ3n) is 6.60. The third kappa shape index (κ3) is 4.92. The quantitative estimate of drug-likeness (QED) is 0.128. The Morgan fingerprint density at radius 1 is 0.972 bits per heavy atom. The Morgan fingerprint density at radius 3 is 2.67 bits per heavy atom. The molecule has 0 atom stereocenters. The van der Waals surface area contributed by atoms with Gasteiger partial charge in [-0.05, 0) is 60.7 Å². The van der Waals surface area contributed by atoms with E-state index in [0.29, 0.717) is 19.8 Å². The van der Waals surface area contributed by atoms with Crippen LogP contribution in [0.4, 0.5) is 0 Å². The van der Waals surface area contributed by atoms with Crippen molar-refractivity contribution in [3.8, 4) is 0 Å². The van der Waals surface area contributed by atoms with Crippen LogP contribution in [0.3, 0.4) is 0 Å². The van der Waals surface area contributed by atoms with E-state index < -0.39 is 0 Å². The molecule has 0 unspecified atom stereocenters. The molecule has 36 heavy (non-hydrogen) atoms. The van der Waals surface area contributed by atoms with Crippen molar-refractivity contribution in [1.29, 1.82) is 0 Å². The number of allylic oxidation sites excluding steroid dienone is 3. The van der Waals surface area contributed by atoms with Crippen molar-refractivity contribution in [2.75, 3.05) is 19.8 Å². The van der Waals surface area contributed by atoms with Crippen LogP contribution >= 0.6 is 0 Å². The molecule has 0 radical (unpaired) electrons. The predicted octanol–water partition coefficient (Wildman–Crippen LogP) is 7.53. The zero-order valence-corrected chi connectivity index (χ0v) is 20.6. The molecular weight excluding hydrogens is 446 g/mol. The molecule has 5 aromatic rings. The standard InChI is InChI=1S/C32H31NO3/c1-3-4-11-29-22(2)26-10-7-8-25(32(26)36-29)17-18-34-21-24(20-33)14-13-23-15-16-31-28(19-23)27-9-5-6-12-30(27)35-31/h3-12,14-16,19H,1,13,17-18,20-21,33H2,2H3/b11-4-,24-14-. The van der Waals surface area contributed by atoms with Gasteiger partial charge in [0.25, 0.3) is 0 Å². The molecule has 0 amide bonds. The predicted molar refractivity (Wildman–Crippen MR) is 149 cm³/mol. The zero-order chi connectivity index (χ0) is 24.9. The Bertz CT molecular complexity index is 1580. The highest BCUT2D eigenvalue weighted by molar-refractivity contribution is 6.05. The Hall–Kier alpha value is -3.86. The summed E-state index contributed by atoms with van der Waals surface area (Å²) < 4.78 is 18.1. The van der Waals surface area contributed by atoms with E-state index in [0.717, 1.165) is 68.2 Å². The van der Waals surface area contributed by atoms with E-state index in [2.05, 4.69) is 56.0 Å². The van der Waals surface area contributed by atoms with E-state index in [4.69, 9.17) is 19.3 Å². The highest BCUT2D eigenvalue weighted by atomic mass is 16.5. The van der Waals surface area contributed by atoms with Crippen LogP contribution in [-0.2, 0) is 17.6 Å². The maximum absolute atomic E-state index is 6.14. The molecule has 182 valence electrons. The van der Waals surface area contributed by atoms with Gasteiger partial charge in [0.2, 0.25) is 0 Å². The topological polar surface area (TPSA) is 61.5 Å². The molecule has 0 saturated carbocycles. The largest absolute Gasteiger partial charge is 0.456 e. The summed E-state index contributed by atoms with van der Waals surface area (Å²) >= 11 is 0. The second-order valence-corrected chi connectivity index (χ2v) is 8.98. The number of ether oxygens (including phenoxy) is 1. The van der Waals surface area contributed by atoms with Gasteiger partial charge in [-0.25, -0.2) is 0 Å². The Balaban J connectivity index is 1.21. The lowest BCUT2D eigenvalue weighted by Crippen LogP contribution is -2.11. The molecule has 4 nitrogen and oxygen atoms in total. The van der Waals surface area contributed by atoms with Crippen molar-refractivity contribution in [2.45, 2.75) is 19.8 Å². The average molecular weight is 478 g/mol. The number of fused-ring (bicyclic) bond motifs is 4. The number of aryl methyl sites for hydroxylation is 1. The molecule has 4 heteroatoms. The molecule has 2 N–H and O–H groups in total. The number of furan rings is 2. The van der Waals surface area contributed by atoms with Gasteiger partial charge in [-0.1, -0.05) is 67.3 Å². The van der Waals surface area contributed by atoms with Crippen LogP contribution in [-0.4, -0.2) is 19.8 Å². The lowest BCUT2D eigenvalue weighted by molar-refractivity contribution is 0.158. The van der Waals surface area contributed by atoms with E-state index in [1.54, 1.807) is 6.08 Å². The van der Waals surface area contributed by atoms with Crippen molar-refractivity contribution in [3.05, 3.63) is 113 Å². The minimum absolute atomic E-state index is 0.475. The monoisotopic (exact) mass is 477 g/mol. The second kappa shape index (κ2) is 10.8. The number of para-hydroxylation sites is 2. The van der Waals surface area contributed by atoms with Crippen LogP contribution in [0.15, 0.2) is 99.9 Å². The molecule has 0 fully saturated rings. The van der Waals surface area contributed by atoms with Gasteiger partial charge in [0.05, 0.1) is 13.2 Å². The number of rotatable bonds is 10. The van der Waals surface area contributed by atoms with E-state index in [1.165, 1.54) is 5.56 Å². The lowest BCUT2D eigenvalue weighted by Gasteiger charge is -2.08. The van der Waals surface area contributed by atoms with Crippen molar-refractivity contribution >= 4 is 39.0 Å². The fraction of sp³-hybridized carbons (Fsp3) is 0.188. The third-order valence-corrected chi connectivity index (χ3v) is 6.60. The van der Waals surface area contributed by atoms with Crippen LogP contribution in [0.5, 0.6) is 0 Å². The second-order valence-electron chi connectivity index (χ2n) is 8.98. The summed E-state index contributed by atoms with van der Waals surface area (Å²) in [6, 6.07) is 20.8. The summed E-state index contributed by atoms with van der Waals surface area (Å²) in [5.74, 6) is 0.869. The van der Waals surface area contributed by atoms with Crippen LogP contribution in [0.25, 0.3) is 39.0 Å². The van der Waals surface area contributed by atoms with Crippen LogP contribution in [0.2, 0.25) is 0 Å². The summed E-state index contributed by atoms with van der Waals surface area (Å²) in [5.41, 5.74) is 13.4.